The first-order valence-corrected chi connectivity index (χ1v) is 8.01. The van der Waals surface area contributed by atoms with Crippen LogP contribution in [0.1, 0.15) is 16.1 Å². The van der Waals surface area contributed by atoms with Crippen molar-refractivity contribution in [2.45, 2.75) is 16.7 Å². The van der Waals surface area contributed by atoms with Crippen molar-refractivity contribution in [2.75, 3.05) is 0 Å². The molecule has 1 aromatic heterocycles. The Morgan fingerprint density at radius 2 is 1.92 bits per heavy atom. The van der Waals surface area contributed by atoms with E-state index in [0.717, 1.165) is 10.5 Å². The highest BCUT2D eigenvalue weighted by molar-refractivity contribution is 7.99. The molecule has 0 aliphatic heterocycles. The number of nitro benzene ring substituents is 1. The normalized spacial score (nSPS) is 10.6. The fraction of sp³-hybridized carbons (Fsp3) is 0.0625. The fourth-order valence-corrected chi connectivity index (χ4v) is 3.16. The third kappa shape index (κ3) is 3.50. The number of primary amides is 1. The van der Waals surface area contributed by atoms with Crippen molar-refractivity contribution in [1.82, 2.24) is 15.4 Å². The number of carbonyl (C=O) groups is 1. The molecule has 0 saturated carbocycles. The summed E-state index contributed by atoms with van der Waals surface area (Å²) < 4.78 is 0. The molecule has 0 atom stereocenters. The van der Waals surface area contributed by atoms with Gasteiger partial charge in [-0.05, 0) is 25.1 Å². The number of H-pyrrole nitrogens is 1. The number of non-ortho nitro benzene ring substituents is 1. The molecule has 0 spiro atoms. The first kappa shape index (κ1) is 16.7. The van der Waals surface area contributed by atoms with Crippen molar-refractivity contribution in [1.29, 1.82) is 0 Å². The van der Waals surface area contributed by atoms with Crippen LogP contribution in [0.2, 0.25) is 0 Å². The lowest BCUT2D eigenvalue weighted by Gasteiger charge is -2.08. The Bertz CT molecular complexity index is 953. The quantitative estimate of drug-likeness (QED) is 0.535. The van der Waals surface area contributed by atoms with Crippen LogP contribution in [-0.2, 0) is 0 Å². The zero-order valence-electron chi connectivity index (χ0n) is 13.1. The minimum Gasteiger partial charge on any atom is -0.364 e. The number of carbonyl (C=O) groups excluding carboxylic acids is 1. The Kier molecular flexibility index (Phi) is 4.48. The summed E-state index contributed by atoms with van der Waals surface area (Å²) in [7, 11) is 0. The average molecular weight is 355 g/mol. The van der Waals surface area contributed by atoms with E-state index >= 15 is 0 Å². The van der Waals surface area contributed by atoms with Crippen molar-refractivity contribution in [3.63, 3.8) is 0 Å². The first-order valence-electron chi connectivity index (χ1n) is 7.19. The molecule has 0 aliphatic rings. The monoisotopic (exact) mass is 355 g/mol. The molecule has 126 valence electrons. The van der Waals surface area contributed by atoms with Gasteiger partial charge in [0.05, 0.1) is 4.92 Å². The first-order chi connectivity index (χ1) is 12.0. The summed E-state index contributed by atoms with van der Waals surface area (Å²) in [6.45, 7) is 1.99. The molecule has 3 aromatic rings. The van der Waals surface area contributed by atoms with Gasteiger partial charge in [-0.15, -0.1) is 0 Å². The molecule has 1 amide bonds. The summed E-state index contributed by atoms with van der Waals surface area (Å²) in [6, 6.07) is 12.2. The lowest BCUT2D eigenvalue weighted by molar-refractivity contribution is -0.384. The number of rotatable bonds is 5. The van der Waals surface area contributed by atoms with Crippen LogP contribution in [0, 0.1) is 17.0 Å². The number of aromatic amines is 1. The molecule has 3 N–H and O–H groups in total. The molecule has 0 fully saturated rings. The molecule has 9 heteroatoms. The fourth-order valence-electron chi connectivity index (χ4n) is 2.23. The zero-order chi connectivity index (χ0) is 18.0. The maximum Gasteiger partial charge on any atom is 0.271 e. The van der Waals surface area contributed by atoms with E-state index in [2.05, 4.69) is 15.4 Å². The minimum absolute atomic E-state index is 0.0637. The van der Waals surface area contributed by atoms with Gasteiger partial charge in [-0.2, -0.15) is 15.4 Å². The van der Waals surface area contributed by atoms with E-state index in [0.29, 0.717) is 10.5 Å². The molecule has 0 aliphatic carbocycles. The van der Waals surface area contributed by atoms with E-state index in [-0.39, 0.29) is 17.1 Å². The highest BCUT2D eigenvalue weighted by atomic mass is 32.2. The number of nitrogens with two attached hydrogens (primary N) is 1. The number of nitrogens with one attached hydrogen (secondary N) is 1. The number of benzene rings is 2. The molecule has 0 unspecified atom stereocenters. The smallest absolute Gasteiger partial charge is 0.271 e. The molecule has 3 rings (SSSR count). The van der Waals surface area contributed by atoms with Crippen LogP contribution in [0.15, 0.2) is 52.3 Å². The van der Waals surface area contributed by atoms with Crippen LogP contribution < -0.4 is 5.73 Å². The van der Waals surface area contributed by atoms with E-state index in [1.165, 1.54) is 23.9 Å². The predicted octanol–water partition coefficient (Wildman–Crippen LogP) is 2.94. The Morgan fingerprint density at radius 3 is 2.56 bits per heavy atom. The van der Waals surface area contributed by atoms with Crippen molar-refractivity contribution >= 4 is 23.4 Å². The number of amides is 1. The van der Waals surface area contributed by atoms with Crippen LogP contribution in [-0.4, -0.2) is 26.2 Å². The molecule has 1 heterocycles. The van der Waals surface area contributed by atoms with Crippen molar-refractivity contribution in [3.8, 4) is 11.3 Å². The Balaban J connectivity index is 2.11. The zero-order valence-corrected chi connectivity index (χ0v) is 13.9. The summed E-state index contributed by atoms with van der Waals surface area (Å²) in [5.41, 5.74) is 6.87. The van der Waals surface area contributed by atoms with E-state index in [9.17, 15) is 14.9 Å². The van der Waals surface area contributed by atoms with E-state index < -0.39 is 10.8 Å². The predicted molar refractivity (Wildman–Crippen MR) is 92.3 cm³/mol. The van der Waals surface area contributed by atoms with Gasteiger partial charge in [-0.1, -0.05) is 29.5 Å². The Labute approximate surface area is 146 Å². The number of nitrogens with zero attached hydrogens (tertiary/aromatic N) is 3. The van der Waals surface area contributed by atoms with Crippen LogP contribution >= 0.6 is 11.8 Å². The van der Waals surface area contributed by atoms with Crippen LogP contribution in [0.5, 0.6) is 0 Å². The SMILES string of the molecule is Cc1ccc(Sc2ccc([N+](=O)[O-])cc2-c2n[nH]nc2C(N)=O)cc1. The van der Waals surface area contributed by atoms with Gasteiger partial charge >= 0.3 is 0 Å². The molecular formula is C16H13N5O3S. The standard InChI is InChI=1S/C16H13N5O3S/c1-9-2-5-11(6-3-9)25-13-7-4-10(21(23)24)8-12(13)14-15(16(17)22)19-20-18-14/h2-8H,1H3,(H2,17,22)(H,18,19,20). The molecule has 0 radical (unpaired) electrons. The third-order valence-corrected chi connectivity index (χ3v) is 4.54. The van der Waals surface area contributed by atoms with E-state index in [1.54, 1.807) is 6.07 Å². The van der Waals surface area contributed by atoms with Crippen LogP contribution in [0.3, 0.4) is 0 Å². The second-order valence-corrected chi connectivity index (χ2v) is 6.35. The van der Waals surface area contributed by atoms with Gasteiger partial charge in [0.1, 0.15) is 5.69 Å². The highest BCUT2D eigenvalue weighted by Crippen LogP contribution is 2.38. The largest absolute Gasteiger partial charge is 0.364 e. The molecule has 25 heavy (non-hydrogen) atoms. The molecule has 0 bridgehead atoms. The Hall–Kier alpha value is -3.20. The van der Waals surface area contributed by atoms with Gasteiger partial charge in [-0.25, -0.2) is 0 Å². The molecule has 2 aromatic carbocycles. The number of aromatic nitrogens is 3. The highest BCUT2D eigenvalue weighted by Gasteiger charge is 2.21. The maximum absolute atomic E-state index is 11.5. The van der Waals surface area contributed by atoms with Crippen LogP contribution in [0.4, 0.5) is 5.69 Å². The summed E-state index contributed by atoms with van der Waals surface area (Å²) in [4.78, 5) is 23.8. The van der Waals surface area contributed by atoms with Gasteiger partial charge in [0.25, 0.3) is 11.6 Å². The van der Waals surface area contributed by atoms with Crippen molar-refractivity contribution in [2.24, 2.45) is 5.73 Å². The lowest BCUT2D eigenvalue weighted by atomic mass is 10.1. The number of hydrogen-bond acceptors (Lipinski definition) is 6. The second kappa shape index (κ2) is 6.73. The van der Waals surface area contributed by atoms with Crippen LogP contribution in [0.25, 0.3) is 11.3 Å². The molecule has 0 saturated heterocycles. The van der Waals surface area contributed by atoms with Gasteiger partial charge < -0.3 is 5.73 Å². The van der Waals surface area contributed by atoms with Gasteiger partial charge in [0.2, 0.25) is 0 Å². The van der Waals surface area contributed by atoms with Gasteiger partial charge in [-0.3, -0.25) is 14.9 Å². The maximum atomic E-state index is 11.5. The summed E-state index contributed by atoms with van der Waals surface area (Å²) >= 11 is 1.41. The summed E-state index contributed by atoms with van der Waals surface area (Å²) in [5, 5.41) is 21.1. The Morgan fingerprint density at radius 1 is 1.20 bits per heavy atom. The van der Waals surface area contributed by atoms with E-state index in [1.807, 2.05) is 31.2 Å². The van der Waals surface area contributed by atoms with Gasteiger partial charge in [0, 0.05) is 27.5 Å². The average Bonchev–Trinajstić information content (AvgIpc) is 3.07. The van der Waals surface area contributed by atoms with Crippen molar-refractivity contribution in [3.05, 3.63) is 63.8 Å². The number of hydrogen-bond donors (Lipinski definition) is 2. The topological polar surface area (TPSA) is 128 Å². The second-order valence-electron chi connectivity index (χ2n) is 5.24. The number of nitro groups is 1. The summed E-state index contributed by atoms with van der Waals surface area (Å²) in [5.74, 6) is -0.762. The lowest BCUT2D eigenvalue weighted by Crippen LogP contribution is -2.13. The van der Waals surface area contributed by atoms with Gasteiger partial charge in [0.15, 0.2) is 5.69 Å². The van der Waals surface area contributed by atoms with Crippen molar-refractivity contribution < 1.29 is 9.72 Å². The third-order valence-electron chi connectivity index (χ3n) is 3.46. The molecule has 8 nitrogen and oxygen atoms in total. The summed E-state index contributed by atoms with van der Waals surface area (Å²) in [6.07, 6.45) is 0. The number of aryl methyl sites for hydroxylation is 1. The van der Waals surface area contributed by atoms with E-state index in [4.69, 9.17) is 5.73 Å². The minimum atomic E-state index is -0.762. The molecular weight excluding hydrogens is 342 g/mol.